The second-order valence-corrected chi connectivity index (χ2v) is 5.90. The van der Waals surface area contributed by atoms with Gasteiger partial charge in [0, 0.05) is 40.8 Å². The molecule has 6 nitrogen and oxygen atoms in total. The van der Waals surface area contributed by atoms with Crippen molar-refractivity contribution in [2.45, 2.75) is 0 Å². The van der Waals surface area contributed by atoms with Crippen molar-refractivity contribution in [3.8, 4) is 0 Å². The van der Waals surface area contributed by atoms with Gasteiger partial charge >= 0.3 is 0 Å². The van der Waals surface area contributed by atoms with Crippen LogP contribution in [-0.2, 0) is 7.05 Å². The van der Waals surface area contributed by atoms with E-state index in [4.69, 9.17) is 28.4 Å². The summed E-state index contributed by atoms with van der Waals surface area (Å²) in [6.45, 7) is 0. The van der Waals surface area contributed by atoms with Crippen molar-refractivity contribution in [2.24, 2.45) is 17.4 Å². The predicted molar refractivity (Wildman–Crippen MR) is 94.0 cm³/mol. The molecule has 8 heteroatoms. The third-order valence-corrected chi connectivity index (χ3v) is 4.01. The van der Waals surface area contributed by atoms with E-state index in [0.717, 1.165) is 16.5 Å². The van der Waals surface area contributed by atoms with Crippen molar-refractivity contribution in [1.82, 2.24) is 9.55 Å². The maximum Gasteiger partial charge on any atom is 0.131 e. The van der Waals surface area contributed by atoms with Crippen molar-refractivity contribution in [3.05, 3.63) is 63.5 Å². The molecule has 3 aromatic rings. The maximum absolute atomic E-state index is 9.47. The van der Waals surface area contributed by atoms with Gasteiger partial charge in [-0.15, -0.1) is 0 Å². The Morgan fingerprint density at radius 2 is 1.83 bits per heavy atom. The van der Waals surface area contributed by atoms with Crippen LogP contribution in [0.4, 0.5) is 0 Å². The minimum atomic E-state index is 0.201. The fourth-order valence-corrected chi connectivity index (χ4v) is 3.08. The summed E-state index contributed by atoms with van der Waals surface area (Å²) in [4.78, 5) is 3.88. The van der Waals surface area contributed by atoms with E-state index in [1.807, 2.05) is 36.0 Å². The van der Waals surface area contributed by atoms with E-state index in [-0.39, 0.29) is 10.3 Å². The summed E-state index contributed by atoms with van der Waals surface area (Å²) in [7, 11) is 1.89. The molecule has 0 aliphatic carbocycles. The van der Waals surface area contributed by atoms with E-state index < -0.39 is 0 Å². The number of aromatic nitrogens is 2. The Balaban J connectivity index is 2.18. The van der Waals surface area contributed by atoms with Crippen molar-refractivity contribution in [3.63, 3.8) is 0 Å². The Labute approximate surface area is 147 Å². The van der Waals surface area contributed by atoms with Crippen molar-refractivity contribution in [1.29, 1.82) is 0 Å². The van der Waals surface area contributed by atoms with Gasteiger partial charge in [-0.25, -0.2) is 4.98 Å². The van der Waals surface area contributed by atoms with Crippen LogP contribution >= 0.6 is 23.2 Å². The number of nitrogens with zero attached hydrogens (tertiary/aromatic N) is 4. The van der Waals surface area contributed by atoms with Gasteiger partial charge in [-0.1, -0.05) is 39.6 Å². The van der Waals surface area contributed by atoms with E-state index in [9.17, 15) is 5.21 Å². The fraction of sp³-hybridized carbons (Fsp3) is 0.0625. The lowest BCUT2D eigenvalue weighted by Gasteiger charge is -2.07. The molecule has 0 aliphatic heterocycles. The highest BCUT2D eigenvalue weighted by atomic mass is 35.5. The Kier molecular flexibility index (Phi) is 4.42. The molecule has 0 fully saturated rings. The molecule has 2 aromatic heterocycles. The summed E-state index contributed by atoms with van der Waals surface area (Å²) >= 11 is 11.8. The second kappa shape index (κ2) is 6.51. The molecule has 24 heavy (non-hydrogen) atoms. The maximum atomic E-state index is 9.47. The van der Waals surface area contributed by atoms with Gasteiger partial charge in [0.2, 0.25) is 0 Å². The highest BCUT2D eigenvalue weighted by Crippen LogP contribution is 2.24. The number of fused-ring (bicyclic) bond motifs is 1. The highest BCUT2D eigenvalue weighted by molar-refractivity contribution is 6.33. The Morgan fingerprint density at radius 3 is 2.46 bits per heavy atom. The van der Waals surface area contributed by atoms with Gasteiger partial charge in [-0.05, 0) is 24.3 Å². The topological polar surface area (TPSA) is 83.0 Å². The van der Waals surface area contributed by atoms with Gasteiger partial charge in [-0.3, -0.25) is 0 Å². The third kappa shape index (κ3) is 2.93. The number of rotatable bonds is 3. The van der Waals surface area contributed by atoms with Crippen LogP contribution in [-0.4, -0.2) is 31.9 Å². The summed E-state index contributed by atoms with van der Waals surface area (Å²) in [6, 6.07) is 8.67. The number of hydrogen-bond donors (Lipinski definition) is 2. The van der Waals surface area contributed by atoms with Crippen LogP contribution in [0, 0.1) is 0 Å². The molecule has 1 aromatic carbocycles. The number of aryl methyl sites for hydroxylation is 1. The first-order chi connectivity index (χ1) is 11.5. The van der Waals surface area contributed by atoms with E-state index in [2.05, 4.69) is 15.3 Å². The molecule has 0 saturated carbocycles. The van der Waals surface area contributed by atoms with Crippen LogP contribution in [0.2, 0.25) is 10.3 Å². The molecule has 3 rings (SSSR count). The average molecular weight is 363 g/mol. The zero-order valence-electron chi connectivity index (χ0n) is 12.5. The van der Waals surface area contributed by atoms with E-state index >= 15 is 0 Å². The van der Waals surface area contributed by atoms with Crippen molar-refractivity contribution < 1.29 is 10.4 Å². The molecule has 0 bridgehead atoms. The van der Waals surface area contributed by atoms with Crippen LogP contribution in [0.25, 0.3) is 10.9 Å². The second-order valence-electron chi connectivity index (χ2n) is 5.12. The number of halogens is 2. The summed E-state index contributed by atoms with van der Waals surface area (Å²) in [6.07, 6.45) is 3.19. The molecule has 0 aliphatic rings. The highest BCUT2D eigenvalue weighted by Gasteiger charge is 2.13. The quantitative estimate of drug-likeness (QED) is 0.320. The average Bonchev–Trinajstić information content (AvgIpc) is 2.84. The molecule has 0 radical (unpaired) electrons. The molecular formula is C16H12Cl2N4O2. The smallest absolute Gasteiger partial charge is 0.131 e. The van der Waals surface area contributed by atoms with Gasteiger partial charge in [-0.2, -0.15) is 0 Å². The van der Waals surface area contributed by atoms with E-state index in [1.165, 1.54) is 6.21 Å². The summed E-state index contributed by atoms with van der Waals surface area (Å²) < 4.78 is 1.91. The number of pyridine rings is 1. The van der Waals surface area contributed by atoms with Gasteiger partial charge < -0.3 is 15.0 Å². The van der Waals surface area contributed by atoms with Crippen molar-refractivity contribution in [2.75, 3.05) is 0 Å². The van der Waals surface area contributed by atoms with Crippen LogP contribution in [0.3, 0.4) is 0 Å². The standard InChI is InChI=1S/C16H12Cl2N4O2/c1-22-8-11(7-19-23)12-4-9(2-3-13(12)22)16(21-24)10-5-14(17)20-15(18)6-10/h2-8,23-24H,1H3/b19-7-,21-16+. The van der Waals surface area contributed by atoms with Gasteiger partial charge in [0.25, 0.3) is 0 Å². The van der Waals surface area contributed by atoms with Crippen LogP contribution in [0.5, 0.6) is 0 Å². The molecule has 0 spiro atoms. The zero-order chi connectivity index (χ0) is 17.3. The number of oxime groups is 2. The molecule has 0 atom stereocenters. The first-order valence-electron chi connectivity index (χ1n) is 6.86. The SMILES string of the molecule is Cn1cc(/C=N\O)c2cc(/C(=N\O)c3cc(Cl)nc(Cl)c3)ccc21. The Bertz CT molecular complexity index is 959. The van der Waals surface area contributed by atoms with Crippen LogP contribution in [0.1, 0.15) is 16.7 Å². The predicted octanol–water partition coefficient (Wildman–Crippen LogP) is 3.91. The molecule has 2 heterocycles. The molecular weight excluding hydrogens is 351 g/mol. The van der Waals surface area contributed by atoms with Gasteiger partial charge in [0.1, 0.15) is 16.0 Å². The fourth-order valence-electron chi connectivity index (χ4n) is 2.62. The first kappa shape index (κ1) is 16.3. The minimum absolute atomic E-state index is 0.201. The first-order valence-corrected chi connectivity index (χ1v) is 7.61. The minimum Gasteiger partial charge on any atom is -0.411 e. The summed E-state index contributed by atoms with van der Waals surface area (Å²) in [5.74, 6) is 0. The number of benzene rings is 1. The molecule has 122 valence electrons. The Hall–Kier alpha value is -2.57. The Morgan fingerprint density at radius 1 is 1.12 bits per heavy atom. The van der Waals surface area contributed by atoms with E-state index in [0.29, 0.717) is 16.8 Å². The van der Waals surface area contributed by atoms with E-state index in [1.54, 1.807) is 12.1 Å². The normalized spacial score (nSPS) is 12.4. The summed E-state index contributed by atoms with van der Waals surface area (Å²) in [5, 5.41) is 26.0. The van der Waals surface area contributed by atoms with Crippen molar-refractivity contribution >= 4 is 46.0 Å². The molecule has 0 unspecified atom stereocenters. The van der Waals surface area contributed by atoms with Crippen LogP contribution < -0.4 is 0 Å². The zero-order valence-corrected chi connectivity index (χ0v) is 14.0. The molecule has 2 N–H and O–H groups in total. The van der Waals surface area contributed by atoms with Crippen LogP contribution in [0.15, 0.2) is 46.8 Å². The molecule has 0 amide bonds. The largest absolute Gasteiger partial charge is 0.411 e. The third-order valence-electron chi connectivity index (χ3n) is 3.63. The van der Waals surface area contributed by atoms with Gasteiger partial charge in [0.05, 0.1) is 6.21 Å². The number of hydrogen-bond acceptors (Lipinski definition) is 5. The lowest BCUT2D eigenvalue weighted by molar-refractivity contribution is 0.319. The lowest BCUT2D eigenvalue weighted by atomic mass is 10.0. The van der Waals surface area contributed by atoms with Gasteiger partial charge in [0.15, 0.2) is 0 Å². The monoisotopic (exact) mass is 362 g/mol. The summed E-state index contributed by atoms with van der Waals surface area (Å²) in [5.41, 5.74) is 3.17. The lowest BCUT2D eigenvalue weighted by Crippen LogP contribution is -2.04. The molecule has 0 saturated heterocycles.